The molecule has 0 aliphatic rings. The van der Waals surface area contributed by atoms with Crippen LogP contribution in [-0.2, 0) is 17.9 Å². The molecular formula is C13H16F2IN3OS. The summed E-state index contributed by atoms with van der Waals surface area (Å²) in [6.45, 7) is 5.71. The van der Waals surface area contributed by atoms with Crippen LogP contribution in [-0.4, -0.2) is 18.7 Å². The van der Waals surface area contributed by atoms with Crippen molar-refractivity contribution in [1.29, 1.82) is 0 Å². The van der Waals surface area contributed by atoms with Crippen molar-refractivity contribution >= 4 is 39.5 Å². The summed E-state index contributed by atoms with van der Waals surface area (Å²) in [7, 11) is 0. The molecule has 2 rings (SSSR count). The summed E-state index contributed by atoms with van der Waals surface area (Å²) in [5.74, 6) is -0.292. The summed E-state index contributed by atoms with van der Waals surface area (Å²) in [5, 5.41) is 0. The highest BCUT2D eigenvalue weighted by Gasteiger charge is 2.27. The van der Waals surface area contributed by atoms with Crippen LogP contribution in [0.3, 0.4) is 0 Å². The lowest BCUT2D eigenvalue weighted by molar-refractivity contribution is 0.139. The first-order valence-electron chi connectivity index (χ1n) is 6.30. The molecule has 0 saturated heterocycles. The molecule has 2 heterocycles. The van der Waals surface area contributed by atoms with Gasteiger partial charge in [0.2, 0.25) is 0 Å². The van der Waals surface area contributed by atoms with Crippen molar-refractivity contribution in [2.24, 2.45) is 0 Å². The molecule has 116 valence electrons. The average molecular weight is 427 g/mol. The predicted molar refractivity (Wildman–Crippen MR) is 87.6 cm³/mol. The second-order valence-electron chi connectivity index (χ2n) is 5.52. The van der Waals surface area contributed by atoms with Gasteiger partial charge in [0.25, 0.3) is 6.43 Å². The zero-order valence-corrected chi connectivity index (χ0v) is 14.8. The number of halogens is 3. The minimum Gasteiger partial charge on any atom is -0.598 e. The standard InChI is InChI=1S/C13H16F2IN3OS/c1-13(2,3)21(20)17-7-9-10-6-8(16)4-5-19(10)12(18-9)11(14)15/h4-6,11,17H,7H2,1-3H3. The summed E-state index contributed by atoms with van der Waals surface area (Å²) in [4.78, 5) is 4.00. The number of nitrogens with one attached hydrogen (secondary N) is 1. The zero-order chi connectivity index (χ0) is 15.8. The molecule has 2 aromatic heterocycles. The molecule has 0 saturated carbocycles. The molecule has 0 spiro atoms. The molecule has 0 aromatic carbocycles. The molecule has 8 heteroatoms. The Morgan fingerprint density at radius 3 is 2.71 bits per heavy atom. The van der Waals surface area contributed by atoms with Gasteiger partial charge in [0.1, 0.15) is 4.75 Å². The predicted octanol–water partition coefficient (Wildman–Crippen LogP) is 3.43. The molecule has 0 aliphatic heterocycles. The number of hydrogen-bond acceptors (Lipinski definition) is 3. The number of rotatable bonds is 4. The molecule has 1 unspecified atom stereocenters. The second kappa shape index (κ2) is 6.35. The summed E-state index contributed by atoms with van der Waals surface area (Å²) in [5.41, 5.74) is 1.08. The van der Waals surface area contributed by atoms with Crippen molar-refractivity contribution in [3.8, 4) is 0 Å². The van der Waals surface area contributed by atoms with Crippen LogP contribution in [0.4, 0.5) is 8.78 Å². The Kier molecular flexibility index (Phi) is 5.11. The highest BCUT2D eigenvalue weighted by molar-refractivity contribution is 14.1. The van der Waals surface area contributed by atoms with Crippen LogP contribution < -0.4 is 4.72 Å². The van der Waals surface area contributed by atoms with Gasteiger partial charge in [-0.15, -0.1) is 4.72 Å². The third-order valence-electron chi connectivity index (χ3n) is 2.83. The van der Waals surface area contributed by atoms with Gasteiger partial charge in [-0.2, -0.15) is 0 Å². The maximum Gasteiger partial charge on any atom is 0.295 e. The largest absolute Gasteiger partial charge is 0.598 e. The number of nitrogens with zero attached hydrogens (tertiary/aromatic N) is 2. The Labute approximate surface area is 138 Å². The fourth-order valence-corrected chi connectivity index (χ4v) is 2.94. The first kappa shape index (κ1) is 16.9. The van der Waals surface area contributed by atoms with Gasteiger partial charge >= 0.3 is 0 Å². The molecular weight excluding hydrogens is 411 g/mol. The number of hydrogen-bond donors (Lipinski definition) is 1. The number of imidazole rings is 1. The molecule has 1 N–H and O–H groups in total. The maximum absolute atomic E-state index is 13.0. The topological polar surface area (TPSA) is 52.4 Å². The van der Waals surface area contributed by atoms with E-state index in [1.54, 1.807) is 18.3 Å². The number of alkyl halides is 2. The molecule has 0 aliphatic carbocycles. The van der Waals surface area contributed by atoms with Crippen LogP contribution >= 0.6 is 22.6 Å². The third-order valence-corrected chi connectivity index (χ3v) is 5.02. The number of pyridine rings is 1. The van der Waals surface area contributed by atoms with E-state index in [9.17, 15) is 13.3 Å². The Morgan fingerprint density at radius 1 is 1.48 bits per heavy atom. The Balaban J connectivity index is 2.33. The van der Waals surface area contributed by atoms with Crippen LogP contribution in [0.25, 0.3) is 5.52 Å². The van der Waals surface area contributed by atoms with Gasteiger partial charge in [0, 0.05) is 21.1 Å². The van der Waals surface area contributed by atoms with Crippen molar-refractivity contribution in [1.82, 2.24) is 14.1 Å². The number of fused-ring (bicyclic) bond motifs is 1. The summed E-state index contributed by atoms with van der Waals surface area (Å²) >= 11 is 0.841. The second-order valence-corrected chi connectivity index (χ2v) is 8.82. The first-order valence-corrected chi connectivity index (χ1v) is 8.53. The summed E-state index contributed by atoms with van der Waals surface area (Å²) < 4.78 is 42.8. The van der Waals surface area contributed by atoms with Crippen molar-refractivity contribution < 1.29 is 13.3 Å². The first-order chi connectivity index (χ1) is 9.70. The SMILES string of the molecule is CC(C)(C)[S+]([O-])NCc1nc(C(F)F)n2ccc(I)cc12. The molecule has 4 nitrogen and oxygen atoms in total. The molecule has 0 radical (unpaired) electrons. The highest BCUT2D eigenvalue weighted by Crippen LogP contribution is 2.24. The van der Waals surface area contributed by atoms with Gasteiger partial charge in [-0.25, -0.2) is 13.8 Å². The summed E-state index contributed by atoms with van der Waals surface area (Å²) in [6.07, 6.45) is -1.07. The van der Waals surface area contributed by atoms with E-state index in [2.05, 4.69) is 32.3 Å². The monoisotopic (exact) mass is 427 g/mol. The van der Waals surface area contributed by atoms with E-state index >= 15 is 0 Å². The zero-order valence-electron chi connectivity index (χ0n) is 11.9. The Hall–Kier alpha value is -0.450. The van der Waals surface area contributed by atoms with E-state index in [0.29, 0.717) is 11.2 Å². The fourth-order valence-electron chi connectivity index (χ4n) is 1.78. The van der Waals surface area contributed by atoms with Gasteiger partial charge in [-0.05, 0) is 55.5 Å². The van der Waals surface area contributed by atoms with Gasteiger partial charge in [0.15, 0.2) is 5.82 Å². The van der Waals surface area contributed by atoms with Crippen LogP contribution in [0.5, 0.6) is 0 Å². The average Bonchev–Trinajstić information content (AvgIpc) is 2.73. The van der Waals surface area contributed by atoms with Crippen molar-refractivity contribution in [3.05, 3.63) is 33.4 Å². The minimum absolute atomic E-state index is 0.181. The normalized spacial score (nSPS) is 14.1. The lowest BCUT2D eigenvalue weighted by Gasteiger charge is -2.23. The maximum atomic E-state index is 13.0. The van der Waals surface area contributed by atoms with E-state index < -0.39 is 22.5 Å². The van der Waals surface area contributed by atoms with Gasteiger partial charge < -0.3 is 4.55 Å². The molecule has 0 bridgehead atoms. The fraction of sp³-hybridized carbons (Fsp3) is 0.462. The smallest absolute Gasteiger partial charge is 0.295 e. The molecule has 21 heavy (non-hydrogen) atoms. The van der Waals surface area contributed by atoms with Crippen LogP contribution in [0.1, 0.15) is 38.7 Å². The van der Waals surface area contributed by atoms with Crippen LogP contribution in [0.2, 0.25) is 0 Å². The minimum atomic E-state index is -2.65. The van der Waals surface area contributed by atoms with E-state index in [0.717, 1.165) is 3.57 Å². The Bertz CT molecular complexity index is 642. The lowest BCUT2D eigenvalue weighted by Crippen LogP contribution is -2.39. The van der Waals surface area contributed by atoms with E-state index in [1.807, 2.05) is 20.8 Å². The quantitative estimate of drug-likeness (QED) is 0.601. The van der Waals surface area contributed by atoms with E-state index in [4.69, 9.17) is 0 Å². The number of aromatic nitrogens is 2. The summed E-state index contributed by atoms with van der Waals surface area (Å²) in [6, 6.07) is 3.53. The van der Waals surface area contributed by atoms with Gasteiger partial charge in [-0.1, -0.05) is 0 Å². The Morgan fingerprint density at radius 2 is 2.14 bits per heavy atom. The van der Waals surface area contributed by atoms with Gasteiger partial charge in [-0.3, -0.25) is 4.40 Å². The highest BCUT2D eigenvalue weighted by atomic mass is 127. The van der Waals surface area contributed by atoms with E-state index in [1.165, 1.54) is 4.40 Å². The van der Waals surface area contributed by atoms with Crippen LogP contribution in [0.15, 0.2) is 18.3 Å². The third kappa shape index (κ3) is 3.85. The van der Waals surface area contributed by atoms with Crippen molar-refractivity contribution in [2.45, 2.75) is 38.5 Å². The van der Waals surface area contributed by atoms with Gasteiger partial charge in [0.05, 0.1) is 17.8 Å². The van der Waals surface area contributed by atoms with E-state index in [-0.39, 0.29) is 12.4 Å². The molecule has 0 amide bonds. The van der Waals surface area contributed by atoms with Crippen molar-refractivity contribution in [3.63, 3.8) is 0 Å². The molecule has 1 atom stereocenters. The van der Waals surface area contributed by atoms with Crippen molar-refractivity contribution in [2.75, 3.05) is 0 Å². The van der Waals surface area contributed by atoms with Crippen LogP contribution in [0, 0.1) is 3.57 Å². The lowest BCUT2D eigenvalue weighted by atomic mass is 10.3. The molecule has 0 fully saturated rings. The molecule has 2 aromatic rings.